The van der Waals surface area contributed by atoms with E-state index in [1.807, 2.05) is 30.3 Å². The van der Waals surface area contributed by atoms with Crippen LogP contribution in [-0.2, 0) is 14.3 Å². The summed E-state index contributed by atoms with van der Waals surface area (Å²) >= 11 is 0. The van der Waals surface area contributed by atoms with Gasteiger partial charge in [-0.05, 0) is 60.2 Å². The van der Waals surface area contributed by atoms with Crippen LogP contribution in [0.15, 0.2) is 65.8 Å². The Kier molecular flexibility index (Phi) is 6.90. The topological polar surface area (TPSA) is 109 Å². The fourth-order valence-electron chi connectivity index (χ4n) is 4.38. The number of hydrogen-bond donors (Lipinski definition) is 2. The maximum Gasteiger partial charge on any atom is 0.260 e. The molecule has 0 spiro atoms. The van der Waals surface area contributed by atoms with Crippen molar-refractivity contribution in [1.82, 2.24) is 10.7 Å². The average Bonchev–Trinajstić information content (AvgIpc) is 3.51. The molecule has 0 radical (unpaired) electrons. The van der Waals surface area contributed by atoms with Crippen LogP contribution in [0.4, 0.5) is 5.69 Å². The number of anilines is 1. The molecule has 2 aliphatic rings. The van der Waals surface area contributed by atoms with E-state index in [4.69, 9.17) is 9.47 Å². The number of rotatable bonds is 9. The fourth-order valence-corrected chi connectivity index (χ4v) is 4.38. The average molecular weight is 487 g/mol. The number of nitrogens with zero attached hydrogens (tertiary/aromatic N) is 2. The van der Waals surface area contributed by atoms with Crippen molar-refractivity contribution in [2.24, 2.45) is 5.10 Å². The van der Waals surface area contributed by atoms with E-state index in [-0.39, 0.29) is 31.1 Å². The van der Waals surface area contributed by atoms with Crippen molar-refractivity contribution >= 4 is 40.4 Å². The number of ether oxygens (including phenoxy) is 2. The smallest absolute Gasteiger partial charge is 0.260 e. The van der Waals surface area contributed by atoms with Crippen molar-refractivity contribution < 1.29 is 23.9 Å². The molecule has 0 bridgehead atoms. The van der Waals surface area contributed by atoms with Gasteiger partial charge in [0, 0.05) is 24.1 Å². The number of nitrogens with one attached hydrogen (secondary N) is 2. The zero-order valence-corrected chi connectivity index (χ0v) is 19.6. The summed E-state index contributed by atoms with van der Waals surface area (Å²) in [7, 11) is 0. The van der Waals surface area contributed by atoms with Gasteiger partial charge >= 0.3 is 0 Å². The molecule has 0 saturated carbocycles. The van der Waals surface area contributed by atoms with Gasteiger partial charge in [-0.2, -0.15) is 5.10 Å². The minimum atomic E-state index is -0.404. The van der Waals surface area contributed by atoms with E-state index in [0.717, 1.165) is 41.5 Å². The summed E-state index contributed by atoms with van der Waals surface area (Å²) in [4.78, 5) is 38.7. The van der Waals surface area contributed by atoms with Gasteiger partial charge in [0.15, 0.2) is 6.61 Å². The SMILES string of the molecule is O=C(COc1ccc(/C=N/NC(=O)CN2C(=O)c3cccc4cccc2c34)cc1)NCC1CCCO1. The number of amides is 3. The van der Waals surface area contributed by atoms with Crippen molar-refractivity contribution in [3.8, 4) is 5.75 Å². The van der Waals surface area contributed by atoms with Crippen molar-refractivity contribution in [3.05, 3.63) is 71.8 Å². The highest BCUT2D eigenvalue weighted by molar-refractivity contribution is 6.26. The molecule has 2 aliphatic heterocycles. The van der Waals surface area contributed by atoms with Gasteiger partial charge < -0.3 is 14.8 Å². The number of hydrogen-bond acceptors (Lipinski definition) is 6. The summed E-state index contributed by atoms with van der Waals surface area (Å²) in [6.07, 6.45) is 3.58. The molecular weight excluding hydrogens is 460 g/mol. The second-order valence-electron chi connectivity index (χ2n) is 8.66. The normalized spacial score (nSPS) is 16.6. The van der Waals surface area contributed by atoms with Crippen LogP contribution < -0.4 is 20.4 Å². The first-order valence-electron chi connectivity index (χ1n) is 11.9. The Labute approximate surface area is 208 Å². The molecule has 0 aromatic heterocycles. The van der Waals surface area contributed by atoms with Gasteiger partial charge in [-0.15, -0.1) is 0 Å². The van der Waals surface area contributed by atoms with E-state index >= 15 is 0 Å². The molecule has 1 fully saturated rings. The first kappa shape index (κ1) is 23.5. The van der Waals surface area contributed by atoms with Crippen LogP contribution >= 0.6 is 0 Å². The lowest BCUT2D eigenvalue weighted by atomic mass is 10.1. The first-order valence-corrected chi connectivity index (χ1v) is 11.9. The highest BCUT2D eigenvalue weighted by Crippen LogP contribution is 2.36. The van der Waals surface area contributed by atoms with Crippen LogP contribution in [-0.4, -0.2) is 56.3 Å². The molecule has 5 rings (SSSR count). The molecular formula is C27H26N4O5. The van der Waals surface area contributed by atoms with Crippen molar-refractivity contribution in [2.75, 3.05) is 31.2 Å². The minimum absolute atomic E-state index is 0.0803. The summed E-state index contributed by atoms with van der Waals surface area (Å²) in [6.45, 7) is 1.03. The van der Waals surface area contributed by atoms with Gasteiger partial charge in [-0.25, -0.2) is 5.43 Å². The predicted molar refractivity (Wildman–Crippen MR) is 135 cm³/mol. The molecule has 3 aromatic rings. The maximum absolute atomic E-state index is 12.8. The van der Waals surface area contributed by atoms with E-state index in [1.54, 1.807) is 30.3 Å². The molecule has 3 amide bonds. The third-order valence-corrected chi connectivity index (χ3v) is 6.15. The standard InChI is InChI=1S/C27H26N4O5/c32-24(16-31-23-8-2-5-19-4-1-7-22(26(19)23)27(31)34)30-29-14-18-9-11-20(12-10-18)36-17-25(33)28-15-21-6-3-13-35-21/h1-2,4-5,7-12,14,21H,3,6,13,15-17H2,(H,28,33)(H,30,32)/b29-14+. The lowest BCUT2D eigenvalue weighted by Gasteiger charge is -2.16. The lowest BCUT2D eigenvalue weighted by molar-refractivity contribution is -0.123. The summed E-state index contributed by atoms with van der Waals surface area (Å²) in [5.74, 6) is -0.255. The second-order valence-corrected chi connectivity index (χ2v) is 8.66. The quantitative estimate of drug-likeness (QED) is 0.357. The highest BCUT2D eigenvalue weighted by atomic mass is 16.5. The molecule has 9 nitrogen and oxygen atoms in total. The number of benzene rings is 3. The zero-order valence-electron chi connectivity index (χ0n) is 19.6. The molecule has 9 heteroatoms. The minimum Gasteiger partial charge on any atom is -0.484 e. The van der Waals surface area contributed by atoms with Crippen LogP contribution in [0, 0.1) is 0 Å². The Bertz CT molecular complexity index is 1310. The Morgan fingerprint density at radius 3 is 2.67 bits per heavy atom. The van der Waals surface area contributed by atoms with E-state index in [9.17, 15) is 14.4 Å². The number of carbonyl (C=O) groups is 3. The summed E-state index contributed by atoms with van der Waals surface area (Å²) in [6, 6.07) is 18.2. The Morgan fingerprint density at radius 2 is 1.89 bits per heavy atom. The van der Waals surface area contributed by atoms with Gasteiger partial charge in [0.1, 0.15) is 12.3 Å². The second kappa shape index (κ2) is 10.6. The van der Waals surface area contributed by atoms with Crippen LogP contribution in [0.3, 0.4) is 0 Å². The Balaban J connectivity index is 1.08. The number of hydrazone groups is 1. The molecule has 184 valence electrons. The predicted octanol–water partition coefficient (Wildman–Crippen LogP) is 2.62. The molecule has 0 aliphatic carbocycles. The summed E-state index contributed by atoms with van der Waals surface area (Å²) in [5.41, 5.74) is 4.53. The summed E-state index contributed by atoms with van der Waals surface area (Å²) in [5, 5.41) is 8.63. The van der Waals surface area contributed by atoms with Gasteiger partial charge in [0.05, 0.1) is 18.0 Å². The molecule has 2 heterocycles. The van der Waals surface area contributed by atoms with E-state index in [2.05, 4.69) is 15.8 Å². The molecule has 1 atom stereocenters. The lowest BCUT2D eigenvalue weighted by Crippen LogP contribution is -2.37. The maximum atomic E-state index is 12.8. The first-order chi connectivity index (χ1) is 17.6. The van der Waals surface area contributed by atoms with Crippen molar-refractivity contribution in [2.45, 2.75) is 18.9 Å². The summed E-state index contributed by atoms with van der Waals surface area (Å²) < 4.78 is 11.0. The fraction of sp³-hybridized carbons (Fsp3) is 0.259. The molecule has 3 aromatic carbocycles. The van der Waals surface area contributed by atoms with E-state index < -0.39 is 5.91 Å². The van der Waals surface area contributed by atoms with Gasteiger partial charge in [0.25, 0.3) is 17.7 Å². The molecule has 1 unspecified atom stereocenters. The van der Waals surface area contributed by atoms with Crippen LogP contribution in [0.1, 0.15) is 28.8 Å². The van der Waals surface area contributed by atoms with Crippen LogP contribution in [0.5, 0.6) is 5.75 Å². The van der Waals surface area contributed by atoms with Gasteiger partial charge in [-0.3, -0.25) is 19.3 Å². The van der Waals surface area contributed by atoms with Crippen LogP contribution in [0.25, 0.3) is 10.8 Å². The highest BCUT2D eigenvalue weighted by Gasteiger charge is 2.30. The largest absolute Gasteiger partial charge is 0.484 e. The monoisotopic (exact) mass is 486 g/mol. The van der Waals surface area contributed by atoms with Gasteiger partial charge in [0.2, 0.25) is 0 Å². The molecule has 1 saturated heterocycles. The van der Waals surface area contributed by atoms with Crippen LogP contribution in [0.2, 0.25) is 0 Å². The van der Waals surface area contributed by atoms with Crippen molar-refractivity contribution in [1.29, 1.82) is 0 Å². The third-order valence-electron chi connectivity index (χ3n) is 6.15. The molecule has 2 N–H and O–H groups in total. The van der Waals surface area contributed by atoms with E-state index in [0.29, 0.717) is 17.9 Å². The third kappa shape index (κ3) is 5.21. The van der Waals surface area contributed by atoms with Crippen molar-refractivity contribution in [3.63, 3.8) is 0 Å². The van der Waals surface area contributed by atoms with Gasteiger partial charge in [-0.1, -0.05) is 24.3 Å². The zero-order chi connectivity index (χ0) is 24.9. The molecule has 36 heavy (non-hydrogen) atoms. The number of carbonyl (C=O) groups excluding carboxylic acids is 3. The Hall–Kier alpha value is -4.24. The Morgan fingerprint density at radius 1 is 1.08 bits per heavy atom. The van der Waals surface area contributed by atoms with E-state index in [1.165, 1.54) is 11.1 Å².